The van der Waals surface area contributed by atoms with E-state index in [0.717, 1.165) is 56.5 Å². The summed E-state index contributed by atoms with van der Waals surface area (Å²) in [6, 6.07) is 4.63. The number of benzene rings is 1. The van der Waals surface area contributed by atoms with Crippen LogP contribution in [0.4, 0.5) is 0 Å². The molecule has 6 heteroatoms. The average molecular weight is 538 g/mol. The van der Waals surface area contributed by atoms with Crippen molar-refractivity contribution in [2.24, 2.45) is 11.3 Å². The Morgan fingerprint density at radius 3 is 2.56 bits per heavy atom. The van der Waals surface area contributed by atoms with Crippen LogP contribution in [0.1, 0.15) is 131 Å². The molecule has 0 aromatic heterocycles. The molecule has 2 N–H and O–H groups in total. The third-order valence-corrected chi connectivity index (χ3v) is 9.80. The van der Waals surface area contributed by atoms with E-state index in [9.17, 15) is 9.59 Å². The normalized spacial score (nSPS) is 26.6. The second-order valence-corrected chi connectivity index (χ2v) is 13.7. The van der Waals surface area contributed by atoms with Crippen molar-refractivity contribution in [3.63, 3.8) is 0 Å². The van der Waals surface area contributed by atoms with E-state index in [1.165, 1.54) is 57.8 Å². The lowest BCUT2D eigenvalue weighted by molar-refractivity contribution is 0.0667. The molecule has 1 aromatic carbocycles. The molecule has 0 spiro atoms. The number of hydrogen-bond acceptors (Lipinski definition) is 4. The molecule has 1 saturated carbocycles. The zero-order valence-corrected chi connectivity index (χ0v) is 24.7. The Labute approximate surface area is 236 Å². The van der Waals surface area contributed by atoms with Gasteiger partial charge in [-0.1, -0.05) is 46.0 Å². The van der Waals surface area contributed by atoms with Crippen molar-refractivity contribution in [1.29, 1.82) is 0 Å². The number of carbonyl (C=O) groups excluding carboxylic acids is 2. The van der Waals surface area contributed by atoms with E-state index in [1.807, 2.05) is 12.1 Å². The highest BCUT2D eigenvalue weighted by atomic mass is 16.5. The summed E-state index contributed by atoms with van der Waals surface area (Å²) in [5, 5.41) is 6.74. The number of amides is 2. The lowest BCUT2D eigenvalue weighted by Crippen LogP contribution is -2.41. The highest BCUT2D eigenvalue weighted by Gasteiger charge is 2.37. The molecule has 3 heterocycles. The number of fused-ring (bicyclic) bond motifs is 1. The maximum Gasteiger partial charge on any atom is 0.254 e. The second kappa shape index (κ2) is 12.6. The molecule has 0 bridgehead atoms. The van der Waals surface area contributed by atoms with E-state index >= 15 is 0 Å². The molecule has 2 saturated heterocycles. The van der Waals surface area contributed by atoms with Crippen molar-refractivity contribution in [3.05, 3.63) is 28.8 Å². The molecule has 1 aromatic rings. The molecule has 1 aliphatic carbocycles. The highest BCUT2D eigenvalue weighted by molar-refractivity contribution is 6.02. The zero-order chi connectivity index (χ0) is 27.4. The van der Waals surface area contributed by atoms with E-state index < -0.39 is 0 Å². The van der Waals surface area contributed by atoms with Crippen LogP contribution in [0.3, 0.4) is 0 Å². The fourth-order valence-electron chi connectivity index (χ4n) is 7.48. The Morgan fingerprint density at radius 1 is 1.05 bits per heavy atom. The minimum Gasteiger partial charge on any atom is -0.493 e. The fraction of sp³-hybridized carbons (Fsp3) is 0.758. The predicted octanol–water partition coefficient (Wildman–Crippen LogP) is 6.26. The molecule has 1 unspecified atom stereocenters. The molecule has 4 aliphatic rings. The van der Waals surface area contributed by atoms with Gasteiger partial charge in [0.05, 0.1) is 6.61 Å². The highest BCUT2D eigenvalue weighted by Crippen LogP contribution is 2.38. The van der Waals surface area contributed by atoms with Gasteiger partial charge < -0.3 is 20.3 Å². The largest absolute Gasteiger partial charge is 0.493 e. The minimum atomic E-state index is -0.109. The molecule has 5 rings (SSSR count). The number of hydrogen-bond donors (Lipinski definition) is 2. The van der Waals surface area contributed by atoms with Crippen molar-refractivity contribution in [1.82, 2.24) is 15.5 Å². The van der Waals surface area contributed by atoms with Crippen molar-refractivity contribution in [3.8, 4) is 5.75 Å². The summed E-state index contributed by atoms with van der Waals surface area (Å²) in [4.78, 5) is 30.0. The van der Waals surface area contributed by atoms with Crippen molar-refractivity contribution < 1.29 is 14.3 Å². The second-order valence-electron chi connectivity index (χ2n) is 13.7. The summed E-state index contributed by atoms with van der Waals surface area (Å²) in [5.41, 5.74) is 2.26. The first-order chi connectivity index (χ1) is 18.8. The summed E-state index contributed by atoms with van der Waals surface area (Å²) >= 11 is 0. The first kappa shape index (κ1) is 28.4. The first-order valence-electron chi connectivity index (χ1n) is 16.0. The van der Waals surface area contributed by atoms with Gasteiger partial charge in [-0.2, -0.15) is 0 Å². The van der Waals surface area contributed by atoms with Crippen LogP contribution in [0.25, 0.3) is 0 Å². The summed E-state index contributed by atoms with van der Waals surface area (Å²) < 4.78 is 6.33. The molecule has 2 amide bonds. The Balaban J connectivity index is 1.40. The molecular formula is C33H51N3O3. The van der Waals surface area contributed by atoms with E-state index in [0.29, 0.717) is 35.7 Å². The Bertz CT molecular complexity index is 1010. The Hall–Kier alpha value is -2.08. The van der Waals surface area contributed by atoms with Crippen LogP contribution >= 0.6 is 0 Å². The van der Waals surface area contributed by atoms with Gasteiger partial charge in [0.15, 0.2) is 0 Å². The fourth-order valence-corrected chi connectivity index (χ4v) is 7.48. The number of nitrogens with zero attached hydrogens (tertiary/aromatic N) is 1. The van der Waals surface area contributed by atoms with Gasteiger partial charge >= 0.3 is 0 Å². The topological polar surface area (TPSA) is 70.7 Å². The summed E-state index contributed by atoms with van der Waals surface area (Å²) in [6.07, 6.45) is 16.3. The Morgan fingerprint density at radius 2 is 1.82 bits per heavy atom. The van der Waals surface area contributed by atoms with Crippen LogP contribution in [0.2, 0.25) is 0 Å². The summed E-state index contributed by atoms with van der Waals surface area (Å²) in [6.45, 7) is 9.00. The number of ether oxygens (including phenoxy) is 1. The van der Waals surface area contributed by atoms with Gasteiger partial charge in [-0.3, -0.25) is 9.59 Å². The van der Waals surface area contributed by atoms with Gasteiger partial charge in [-0.05, 0) is 94.7 Å². The molecule has 6 nitrogen and oxygen atoms in total. The minimum absolute atomic E-state index is 0.0274. The number of carbonyl (C=O) groups is 2. The van der Waals surface area contributed by atoms with Gasteiger partial charge in [-0.25, -0.2) is 0 Å². The SMILES string of the molecule is C[C@@H](C[C@H]1CCCN1)NC(=O)c1cc2c(c(C(=O)N3CCCC3C3CCCCCCC3)c1)CCC(C)(C)CO2. The van der Waals surface area contributed by atoms with Crippen molar-refractivity contribution in [2.45, 2.75) is 129 Å². The summed E-state index contributed by atoms with van der Waals surface area (Å²) in [5.74, 6) is 1.32. The number of likely N-dealkylation sites (tertiary alicyclic amines) is 1. The van der Waals surface area contributed by atoms with Gasteiger partial charge in [0.1, 0.15) is 5.75 Å². The zero-order valence-electron chi connectivity index (χ0n) is 24.7. The van der Waals surface area contributed by atoms with Gasteiger partial charge in [0.25, 0.3) is 11.8 Å². The maximum absolute atomic E-state index is 14.4. The summed E-state index contributed by atoms with van der Waals surface area (Å²) in [7, 11) is 0. The van der Waals surface area contributed by atoms with Crippen molar-refractivity contribution >= 4 is 11.8 Å². The van der Waals surface area contributed by atoms with E-state index in [4.69, 9.17) is 4.74 Å². The van der Waals surface area contributed by atoms with Gasteiger partial charge in [0, 0.05) is 41.4 Å². The lowest BCUT2D eigenvalue weighted by atomic mass is 9.84. The van der Waals surface area contributed by atoms with E-state index in [2.05, 4.69) is 36.3 Å². The van der Waals surface area contributed by atoms with Crippen LogP contribution in [0.15, 0.2) is 12.1 Å². The average Bonchev–Trinajstić information content (AvgIpc) is 3.55. The number of rotatable bonds is 6. The molecule has 3 aliphatic heterocycles. The molecule has 0 radical (unpaired) electrons. The lowest BCUT2D eigenvalue weighted by Gasteiger charge is -2.33. The first-order valence-corrected chi connectivity index (χ1v) is 16.0. The van der Waals surface area contributed by atoms with E-state index in [1.54, 1.807) is 0 Å². The Kier molecular flexibility index (Phi) is 9.20. The van der Waals surface area contributed by atoms with Crippen LogP contribution in [0.5, 0.6) is 5.75 Å². The van der Waals surface area contributed by atoms with Crippen LogP contribution in [-0.2, 0) is 6.42 Å². The molecule has 3 atom stereocenters. The quantitative estimate of drug-likeness (QED) is 0.449. The third kappa shape index (κ3) is 6.99. The van der Waals surface area contributed by atoms with Gasteiger partial charge in [-0.15, -0.1) is 0 Å². The molecular weight excluding hydrogens is 486 g/mol. The van der Waals surface area contributed by atoms with Gasteiger partial charge in [0.2, 0.25) is 0 Å². The smallest absolute Gasteiger partial charge is 0.254 e. The predicted molar refractivity (Wildman–Crippen MR) is 156 cm³/mol. The monoisotopic (exact) mass is 537 g/mol. The number of nitrogens with one attached hydrogen (secondary N) is 2. The van der Waals surface area contributed by atoms with Crippen LogP contribution in [-0.4, -0.2) is 54.5 Å². The molecule has 216 valence electrons. The molecule has 3 fully saturated rings. The van der Waals surface area contributed by atoms with Crippen molar-refractivity contribution in [2.75, 3.05) is 19.7 Å². The maximum atomic E-state index is 14.4. The standard InChI is InChI=1S/C33H51N3O3/c1-23(19-26-13-9-17-34-26)35-31(37)25-20-28(27-15-16-33(2,3)22-39-30(27)21-25)32(38)36-18-10-14-29(36)24-11-7-5-4-6-8-12-24/h20-21,23-24,26,29,34H,4-19,22H2,1-3H3,(H,35,37)/t23-,26+,29?/m0/s1. The van der Waals surface area contributed by atoms with Crippen LogP contribution < -0.4 is 15.4 Å². The molecule has 39 heavy (non-hydrogen) atoms. The third-order valence-electron chi connectivity index (χ3n) is 9.80. The van der Waals surface area contributed by atoms with Crippen LogP contribution in [0, 0.1) is 11.3 Å². The van der Waals surface area contributed by atoms with E-state index in [-0.39, 0.29) is 23.3 Å².